The van der Waals surface area contributed by atoms with Crippen LogP contribution in [0.5, 0.6) is 0 Å². The number of carbonyl (C=O) groups is 1. The number of hydrogen-bond acceptors (Lipinski definition) is 3. The molecule has 1 aromatic heterocycles. The maximum absolute atomic E-state index is 12.6. The SMILES string of the molecule is Cc1ccc(NC(=O)N2CCC[C@H]2c2cc(C(C)C)on2)cc1Cl. The lowest BCUT2D eigenvalue weighted by molar-refractivity contribution is 0.204. The fourth-order valence-electron chi connectivity index (χ4n) is 2.92. The number of urea groups is 1. The molecular weight excluding hydrogens is 326 g/mol. The Morgan fingerprint density at radius 1 is 1.42 bits per heavy atom. The Balaban J connectivity index is 1.74. The number of aryl methyl sites for hydroxylation is 1. The van der Waals surface area contributed by atoms with Crippen LogP contribution >= 0.6 is 11.6 Å². The average Bonchev–Trinajstić information content (AvgIpc) is 3.18. The highest BCUT2D eigenvalue weighted by atomic mass is 35.5. The third-order valence-corrected chi connectivity index (χ3v) is 4.80. The molecule has 6 heteroatoms. The molecular formula is C18H22ClN3O2. The van der Waals surface area contributed by atoms with E-state index in [4.69, 9.17) is 16.1 Å². The Bertz CT molecular complexity index is 742. The van der Waals surface area contributed by atoms with Gasteiger partial charge < -0.3 is 14.7 Å². The minimum atomic E-state index is -0.133. The molecule has 1 aliphatic rings. The highest BCUT2D eigenvalue weighted by Gasteiger charge is 2.32. The summed E-state index contributed by atoms with van der Waals surface area (Å²) >= 11 is 6.13. The highest BCUT2D eigenvalue weighted by molar-refractivity contribution is 6.31. The third kappa shape index (κ3) is 3.41. The fraction of sp³-hybridized carbons (Fsp3) is 0.444. The first-order valence-corrected chi connectivity index (χ1v) is 8.64. The largest absolute Gasteiger partial charge is 0.361 e. The van der Waals surface area contributed by atoms with Crippen LogP contribution in [0.25, 0.3) is 0 Å². The van der Waals surface area contributed by atoms with Crippen LogP contribution in [0.15, 0.2) is 28.8 Å². The number of aromatic nitrogens is 1. The van der Waals surface area contributed by atoms with Crippen molar-refractivity contribution in [3.05, 3.63) is 46.3 Å². The van der Waals surface area contributed by atoms with Crippen molar-refractivity contribution >= 4 is 23.3 Å². The molecule has 3 rings (SSSR count). The summed E-state index contributed by atoms with van der Waals surface area (Å²) in [6.07, 6.45) is 1.85. The van der Waals surface area contributed by atoms with Gasteiger partial charge in [0.2, 0.25) is 0 Å². The lowest BCUT2D eigenvalue weighted by atomic mass is 10.1. The maximum atomic E-state index is 12.6. The first kappa shape index (κ1) is 16.8. The number of hydrogen-bond donors (Lipinski definition) is 1. The molecule has 1 aromatic carbocycles. The summed E-state index contributed by atoms with van der Waals surface area (Å²) in [5, 5.41) is 7.73. The number of halogens is 1. The summed E-state index contributed by atoms with van der Waals surface area (Å²) < 4.78 is 5.39. The van der Waals surface area contributed by atoms with Crippen molar-refractivity contribution in [3.8, 4) is 0 Å². The van der Waals surface area contributed by atoms with Crippen LogP contribution in [0, 0.1) is 6.92 Å². The molecule has 5 nitrogen and oxygen atoms in total. The molecule has 2 aromatic rings. The Morgan fingerprint density at radius 2 is 2.21 bits per heavy atom. The van der Waals surface area contributed by atoms with Gasteiger partial charge in [-0.15, -0.1) is 0 Å². The van der Waals surface area contributed by atoms with Gasteiger partial charge in [-0.05, 0) is 37.5 Å². The standard InChI is InChI=1S/C18H22ClN3O2/c1-11(2)17-10-15(21-24-17)16-5-4-8-22(16)18(23)20-13-7-6-12(3)14(19)9-13/h6-7,9-11,16H,4-5,8H2,1-3H3,(H,20,23)/t16-/m0/s1. The molecule has 0 bridgehead atoms. The second kappa shape index (κ2) is 6.85. The van der Waals surface area contributed by atoms with Crippen molar-refractivity contribution in [3.63, 3.8) is 0 Å². The zero-order valence-corrected chi connectivity index (χ0v) is 14.9. The molecule has 0 radical (unpaired) electrons. The summed E-state index contributed by atoms with van der Waals surface area (Å²) in [6, 6.07) is 7.31. The Kier molecular flexibility index (Phi) is 4.81. The lowest BCUT2D eigenvalue weighted by Gasteiger charge is -2.23. The van der Waals surface area contributed by atoms with Crippen LogP contribution in [-0.2, 0) is 0 Å². The van der Waals surface area contributed by atoms with E-state index in [1.807, 2.05) is 30.0 Å². The van der Waals surface area contributed by atoms with Gasteiger partial charge in [0, 0.05) is 29.2 Å². The number of likely N-dealkylation sites (tertiary alicyclic amines) is 1. The zero-order chi connectivity index (χ0) is 17.3. The number of rotatable bonds is 3. The number of carbonyl (C=O) groups excluding carboxylic acids is 1. The highest BCUT2D eigenvalue weighted by Crippen LogP contribution is 2.33. The third-order valence-electron chi connectivity index (χ3n) is 4.39. The van der Waals surface area contributed by atoms with E-state index >= 15 is 0 Å². The van der Waals surface area contributed by atoms with Crippen molar-refractivity contribution in [2.45, 2.75) is 45.6 Å². The van der Waals surface area contributed by atoms with Gasteiger partial charge in [0.25, 0.3) is 0 Å². The van der Waals surface area contributed by atoms with Gasteiger partial charge in [-0.3, -0.25) is 0 Å². The number of amides is 2. The van der Waals surface area contributed by atoms with Crippen LogP contribution in [0.4, 0.5) is 10.5 Å². The normalized spacial score (nSPS) is 17.5. The average molecular weight is 348 g/mol. The number of benzene rings is 1. The van der Waals surface area contributed by atoms with Gasteiger partial charge in [0.1, 0.15) is 11.5 Å². The van der Waals surface area contributed by atoms with E-state index in [0.717, 1.165) is 29.9 Å². The number of nitrogens with zero attached hydrogens (tertiary/aromatic N) is 2. The van der Waals surface area contributed by atoms with Crippen molar-refractivity contribution in [1.29, 1.82) is 0 Å². The van der Waals surface area contributed by atoms with Crippen molar-refractivity contribution in [2.24, 2.45) is 0 Å². The molecule has 1 atom stereocenters. The first-order chi connectivity index (χ1) is 11.5. The van der Waals surface area contributed by atoms with Crippen LogP contribution in [0.2, 0.25) is 5.02 Å². The molecule has 1 N–H and O–H groups in total. The van der Waals surface area contributed by atoms with E-state index in [-0.39, 0.29) is 18.0 Å². The summed E-state index contributed by atoms with van der Waals surface area (Å²) in [5.41, 5.74) is 2.51. The smallest absolute Gasteiger partial charge is 0.322 e. The molecule has 0 spiro atoms. The summed E-state index contributed by atoms with van der Waals surface area (Å²) in [4.78, 5) is 14.5. The van der Waals surface area contributed by atoms with Gasteiger partial charge in [0.05, 0.1) is 6.04 Å². The number of anilines is 1. The maximum Gasteiger partial charge on any atom is 0.322 e. The summed E-state index contributed by atoms with van der Waals surface area (Å²) in [7, 11) is 0. The van der Waals surface area contributed by atoms with Crippen LogP contribution < -0.4 is 5.32 Å². The minimum Gasteiger partial charge on any atom is -0.361 e. The van der Waals surface area contributed by atoms with E-state index < -0.39 is 0 Å². The molecule has 0 aliphatic carbocycles. The fourth-order valence-corrected chi connectivity index (χ4v) is 3.10. The Hall–Kier alpha value is -2.01. The van der Waals surface area contributed by atoms with E-state index in [0.29, 0.717) is 17.3 Å². The predicted octanol–water partition coefficient (Wildman–Crippen LogP) is 5.13. The molecule has 1 fully saturated rings. The minimum absolute atomic E-state index is 0.0397. The Labute approximate surface area is 147 Å². The molecule has 24 heavy (non-hydrogen) atoms. The van der Waals surface area contributed by atoms with Gasteiger partial charge in [0.15, 0.2) is 0 Å². The van der Waals surface area contributed by atoms with Gasteiger partial charge in [-0.25, -0.2) is 4.79 Å². The second-order valence-corrected chi connectivity index (χ2v) is 6.96. The zero-order valence-electron chi connectivity index (χ0n) is 14.2. The second-order valence-electron chi connectivity index (χ2n) is 6.55. The van der Waals surface area contributed by atoms with Crippen molar-refractivity contribution < 1.29 is 9.32 Å². The van der Waals surface area contributed by atoms with Crippen LogP contribution in [-0.4, -0.2) is 22.6 Å². The topological polar surface area (TPSA) is 58.4 Å². The quantitative estimate of drug-likeness (QED) is 0.837. The first-order valence-electron chi connectivity index (χ1n) is 8.26. The van der Waals surface area contributed by atoms with E-state index in [1.54, 1.807) is 6.07 Å². The molecule has 128 valence electrons. The summed E-state index contributed by atoms with van der Waals surface area (Å²) in [5.74, 6) is 1.13. The molecule has 1 aliphatic heterocycles. The summed E-state index contributed by atoms with van der Waals surface area (Å²) in [6.45, 7) is 6.76. The predicted molar refractivity (Wildman–Crippen MR) is 94.5 cm³/mol. The van der Waals surface area contributed by atoms with Gasteiger partial charge in [-0.1, -0.05) is 36.7 Å². The number of nitrogens with one attached hydrogen (secondary N) is 1. The van der Waals surface area contributed by atoms with E-state index in [1.165, 1.54) is 0 Å². The Morgan fingerprint density at radius 3 is 2.88 bits per heavy atom. The molecule has 1 saturated heterocycles. The van der Waals surface area contributed by atoms with E-state index in [9.17, 15) is 4.79 Å². The molecule has 2 amide bonds. The van der Waals surface area contributed by atoms with Crippen LogP contribution in [0.3, 0.4) is 0 Å². The molecule has 0 saturated carbocycles. The van der Waals surface area contributed by atoms with Crippen LogP contribution in [0.1, 0.15) is 55.7 Å². The monoisotopic (exact) mass is 347 g/mol. The van der Waals surface area contributed by atoms with Crippen molar-refractivity contribution in [1.82, 2.24) is 10.1 Å². The molecule has 2 heterocycles. The lowest BCUT2D eigenvalue weighted by Crippen LogP contribution is -2.34. The molecule has 0 unspecified atom stereocenters. The van der Waals surface area contributed by atoms with Gasteiger partial charge in [-0.2, -0.15) is 0 Å². The van der Waals surface area contributed by atoms with Gasteiger partial charge >= 0.3 is 6.03 Å². The van der Waals surface area contributed by atoms with Crippen molar-refractivity contribution in [2.75, 3.05) is 11.9 Å². The van der Waals surface area contributed by atoms with E-state index in [2.05, 4.69) is 24.3 Å².